The molecule has 0 aliphatic carbocycles. The van der Waals surface area contributed by atoms with E-state index in [1.165, 1.54) is 0 Å². The number of para-hydroxylation sites is 1. The number of amides is 2. The minimum absolute atomic E-state index is 0.0899. The molecule has 0 radical (unpaired) electrons. The van der Waals surface area contributed by atoms with Gasteiger partial charge >= 0.3 is 6.09 Å². The van der Waals surface area contributed by atoms with Crippen LogP contribution in [0.15, 0.2) is 103 Å². The van der Waals surface area contributed by atoms with Gasteiger partial charge in [0, 0.05) is 11.3 Å². The van der Waals surface area contributed by atoms with Gasteiger partial charge in [0.25, 0.3) is 5.91 Å². The standard InChI is InChI=1S/C27H23N3O3/c28-24-16-15-22(20-7-3-1-4-8-20)17-25(24)30-26(31)21-13-11-19(12-14-21)18-33-27(32)29-23-9-5-2-6-10-23/h1-17H,18,28H2,(H,29,32)(H,30,31). The highest BCUT2D eigenvalue weighted by Crippen LogP contribution is 2.27. The number of carbonyl (C=O) groups excluding carboxylic acids is 2. The van der Waals surface area contributed by atoms with Gasteiger partial charge in [0.1, 0.15) is 6.61 Å². The zero-order valence-corrected chi connectivity index (χ0v) is 17.8. The van der Waals surface area contributed by atoms with E-state index in [1.54, 1.807) is 42.5 Å². The predicted molar refractivity (Wildman–Crippen MR) is 131 cm³/mol. The van der Waals surface area contributed by atoms with E-state index < -0.39 is 6.09 Å². The first-order valence-electron chi connectivity index (χ1n) is 10.4. The molecule has 0 saturated heterocycles. The summed E-state index contributed by atoms with van der Waals surface area (Å²) in [6.07, 6.45) is -0.545. The molecular weight excluding hydrogens is 414 g/mol. The SMILES string of the molecule is Nc1ccc(-c2ccccc2)cc1NC(=O)c1ccc(COC(=O)Nc2ccccc2)cc1. The number of anilines is 3. The monoisotopic (exact) mass is 437 g/mol. The van der Waals surface area contributed by atoms with Crippen molar-refractivity contribution in [2.75, 3.05) is 16.4 Å². The summed E-state index contributed by atoms with van der Waals surface area (Å²) in [6.45, 7) is 0.0899. The molecule has 2 amide bonds. The van der Waals surface area contributed by atoms with Gasteiger partial charge in [-0.25, -0.2) is 4.79 Å². The second kappa shape index (κ2) is 10.2. The molecule has 164 valence electrons. The fourth-order valence-electron chi connectivity index (χ4n) is 3.25. The zero-order valence-electron chi connectivity index (χ0n) is 17.8. The smallest absolute Gasteiger partial charge is 0.411 e. The Hall–Kier alpha value is -4.58. The third kappa shape index (κ3) is 5.77. The van der Waals surface area contributed by atoms with Crippen LogP contribution in [0.3, 0.4) is 0 Å². The van der Waals surface area contributed by atoms with Crippen LogP contribution in [0.4, 0.5) is 21.9 Å². The van der Waals surface area contributed by atoms with Crippen LogP contribution < -0.4 is 16.4 Å². The topological polar surface area (TPSA) is 93.4 Å². The molecule has 0 heterocycles. The third-order valence-electron chi connectivity index (χ3n) is 5.01. The van der Waals surface area contributed by atoms with Crippen molar-refractivity contribution >= 4 is 29.1 Å². The van der Waals surface area contributed by atoms with E-state index in [1.807, 2.05) is 60.7 Å². The number of hydrogen-bond donors (Lipinski definition) is 3. The van der Waals surface area contributed by atoms with Crippen LogP contribution in [0, 0.1) is 0 Å². The number of hydrogen-bond acceptors (Lipinski definition) is 4. The lowest BCUT2D eigenvalue weighted by molar-refractivity contribution is 0.102. The first kappa shape index (κ1) is 21.6. The normalized spacial score (nSPS) is 10.3. The molecule has 0 spiro atoms. The molecule has 0 fully saturated rings. The first-order valence-corrected chi connectivity index (χ1v) is 10.4. The second-order valence-corrected chi connectivity index (χ2v) is 7.39. The average Bonchev–Trinajstić information content (AvgIpc) is 2.85. The Bertz CT molecular complexity index is 1240. The summed E-state index contributed by atoms with van der Waals surface area (Å²) in [5.41, 5.74) is 11.0. The van der Waals surface area contributed by atoms with E-state index >= 15 is 0 Å². The molecule has 6 nitrogen and oxygen atoms in total. The number of nitrogens with one attached hydrogen (secondary N) is 2. The maximum atomic E-state index is 12.7. The lowest BCUT2D eigenvalue weighted by Gasteiger charge is -2.11. The molecule has 4 rings (SSSR count). The van der Waals surface area contributed by atoms with E-state index in [-0.39, 0.29) is 12.5 Å². The molecule has 4 N–H and O–H groups in total. The summed E-state index contributed by atoms with van der Waals surface area (Å²) in [4.78, 5) is 24.6. The molecule has 0 aliphatic heterocycles. The van der Waals surface area contributed by atoms with Gasteiger partial charge < -0.3 is 15.8 Å². The number of rotatable bonds is 6. The summed E-state index contributed by atoms with van der Waals surface area (Å²) in [5, 5.41) is 5.53. The van der Waals surface area contributed by atoms with Gasteiger partial charge in [0.15, 0.2) is 0 Å². The number of benzene rings is 4. The summed E-state index contributed by atoms with van der Waals surface area (Å²) in [5.74, 6) is -0.277. The van der Waals surface area contributed by atoms with Gasteiger partial charge in [-0.05, 0) is 53.1 Å². The Labute approximate surface area is 192 Å². The maximum absolute atomic E-state index is 12.7. The average molecular weight is 437 g/mol. The lowest BCUT2D eigenvalue weighted by atomic mass is 10.0. The molecule has 0 unspecified atom stereocenters. The highest BCUT2D eigenvalue weighted by Gasteiger charge is 2.10. The van der Waals surface area contributed by atoms with Gasteiger partial charge in [-0.1, -0.05) is 66.7 Å². The van der Waals surface area contributed by atoms with E-state index in [0.717, 1.165) is 16.7 Å². The molecule has 0 atom stereocenters. The van der Waals surface area contributed by atoms with E-state index in [9.17, 15) is 9.59 Å². The number of nitrogens with two attached hydrogens (primary N) is 1. The van der Waals surface area contributed by atoms with Crippen LogP contribution in [0.25, 0.3) is 11.1 Å². The van der Waals surface area contributed by atoms with Crippen molar-refractivity contribution < 1.29 is 14.3 Å². The van der Waals surface area contributed by atoms with Crippen LogP contribution >= 0.6 is 0 Å². The van der Waals surface area contributed by atoms with Crippen molar-refractivity contribution in [1.29, 1.82) is 0 Å². The van der Waals surface area contributed by atoms with Crippen molar-refractivity contribution in [1.82, 2.24) is 0 Å². The number of carbonyl (C=O) groups is 2. The molecule has 0 saturated carbocycles. The van der Waals surface area contributed by atoms with Crippen molar-refractivity contribution in [2.45, 2.75) is 6.61 Å². The fourth-order valence-corrected chi connectivity index (χ4v) is 3.25. The van der Waals surface area contributed by atoms with Crippen LogP contribution in [0.1, 0.15) is 15.9 Å². The summed E-state index contributed by atoms with van der Waals surface area (Å²) >= 11 is 0. The zero-order chi connectivity index (χ0) is 23.0. The third-order valence-corrected chi connectivity index (χ3v) is 5.01. The van der Waals surface area contributed by atoms with E-state index in [4.69, 9.17) is 10.5 Å². The second-order valence-electron chi connectivity index (χ2n) is 7.39. The first-order chi connectivity index (χ1) is 16.1. The van der Waals surface area contributed by atoms with Crippen LogP contribution in [-0.2, 0) is 11.3 Å². The van der Waals surface area contributed by atoms with Gasteiger partial charge in [-0.2, -0.15) is 0 Å². The summed E-state index contributed by atoms with van der Waals surface area (Å²) < 4.78 is 5.23. The van der Waals surface area contributed by atoms with Gasteiger partial charge in [0.05, 0.1) is 11.4 Å². The molecule has 4 aromatic rings. The Morgan fingerprint density at radius 1 is 0.727 bits per heavy atom. The molecular formula is C27H23N3O3. The van der Waals surface area contributed by atoms with Crippen molar-refractivity contribution in [3.05, 3.63) is 114 Å². The van der Waals surface area contributed by atoms with Gasteiger partial charge in [-0.15, -0.1) is 0 Å². The van der Waals surface area contributed by atoms with Crippen molar-refractivity contribution in [2.24, 2.45) is 0 Å². The number of ether oxygens (including phenoxy) is 1. The molecule has 4 aromatic carbocycles. The van der Waals surface area contributed by atoms with Gasteiger partial charge in [-0.3, -0.25) is 10.1 Å². The Balaban J connectivity index is 1.36. The molecule has 0 bridgehead atoms. The van der Waals surface area contributed by atoms with Crippen LogP contribution in [-0.4, -0.2) is 12.0 Å². The Morgan fingerprint density at radius 3 is 2.09 bits per heavy atom. The van der Waals surface area contributed by atoms with Crippen LogP contribution in [0.5, 0.6) is 0 Å². The highest BCUT2D eigenvalue weighted by atomic mass is 16.5. The Kier molecular flexibility index (Phi) is 6.66. The largest absolute Gasteiger partial charge is 0.444 e. The highest BCUT2D eigenvalue weighted by molar-refractivity contribution is 6.06. The molecule has 0 aliphatic rings. The summed E-state index contributed by atoms with van der Waals surface area (Å²) in [7, 11) is 0. The quantitative estimate of drug-likeness (QED) is 0.326. The molecule has 33 heavy (non-hydrogen) atoms. The predicted octanol–water partition coefficient (Wildman–Crippen LogP) is 5.94. The van der Waals surface area contributed by atoms with E-state index in [2.05, 4.69) is 10.6 Å². The number of nitrogen functional groups attached to an aromatic ring is 1. The van der Waals surface area contributed by atoms with Crippen LogP contribution in [0.2, 0.25) is 0 Å². The van der Waals surface area contributed by atoms with Crippen molar-refractivity contribution in [3.63, 3.8) is 0 Å². The van der Waals surface area contributed by atoms with Gasteiger partial charge in [0.2, 0.25) is 0 Å². The lowest BCUT2D eigenvalue weighted by Crippen LogP contribution is -2.14. The fraction of sp³-hybridized carbons (Fsp3) is 0.0370. The van der Waals surface area contributed by atoms with E-state index in [0.29, 0.717) is 22.6 Å². The minimum atomic E-state index is -0.545. The molecule has 6 heteroatoms. The Morgan fingerprint density at radius 2 is 1.39 bits per heavy atom. The minimum Gasteiger partial charge on any atom is -0.444 e. The van der Waals surface area contributed by atoms with Crippen molar-refractivity contribution in [3.8, 4) is 11.1 Å². The summed E-state index contributed by atoms with van der Waals surface area (Å²) in [6, 6.07) is 31.3. The maximum Gasteiger partial charge on any atom is 0.411 e. The molecule has 0 aromatic heterocycles.